The van der Waals surface area contributed by atoms with Crippen LogP contribution in [0, 0.1) is 0 Å². The number of nitrogens with zero attached hydrogens (tertiary/aromatic N) is 4. The van der Waals surface area contributed by atoms with Crippen LogP contribution in [-0.4, -0.2) is 25.5 Å². The van der Waals surface area contributed by atoms with E-state index in [9.17, 15) is 13.6 Å². The summed E-state index contributed by atoms with van der Waals surface area (Å²) < 4.78 is 27.5. The zero-order valence-electron chi connectivity index (χ0n) is 8.90. The Bertz CT molecular complexity index is 607. The Morgan fingerprint density at radius 2 is 2.12 bits per heavy atom. The van der Waals surface area contributed by atoms with Gasteiger partial charge < -0.3 is 0 Å². The van der Waals surface area contributed by atoms with E-state index in [1.165, 1.54) is 10.8 Å². The Kier molecular flexibility index (Phi) is 3.23. The molecule has 2 aromatic heterocycles. The molecule has 0 amide bonds. The summed E-state index contributed by atoms with van der Waals surface area (Å²) in [5.41, 5.74) is -0.0197. The van der Waals surface area contributed by atoms with Gasteiger partial charge in [-0.3, -0.25) is 9.13 Å². The minimum absolute atomic E-state index is 0.181. The van der Waals surface area contributed by atoms with Crippen LogP contribution in [0.5, 0.6) is 0 Å². The van der Waals surface area contributed by atoms with Gasteiger partial charge in [0.25, 0.3) is 6.43 Å². The molecule has 2 aromatic rings. The first-order valence-electron chi connectivity index (χ1n) is 4.94. The molecule has 0 aliphatic carbocycles. The molecule has 0 aromatic carbocycles. The normalized spacial score (nSPS) is 11.6. The van der Waals surface area contributed by atoms with Crippen LogP contribution in [0.3, 0.4) is 0 Å². The van der Waals surface area contributed by atoms with Gasteiger partial charge in [-0.25, -0.2) is 23.5 Å². The highest BCUT2D eigenvalue weighted by Gasteiger charge is 2.17. The second-order valence-electron chi connectivity index (χ2n) is 3.37. The van der Waals surface area contributed by atoms with E-state index < -0.39 is 18.7 Å². The van der Waals surface area contributed by atoms with Gasteiger partial charge in [0.05, 0.1) is 12.7 Å². The first-order chi connectivity index (χ1) is 8.04. The van der Waals surface area contributed by atoms with E-state index in [0.717, 1.165) is 4.57 Å². The Labute approximate surface area is 103 Å². The van der Waals surface area contributed by atoms with Gasteiger partial charge in [-0.15, -0.1) is 0 Å². The number of alkyl halides is 2. The second kappa shape index (κ2) is 4.52. The lowest BCUT2D eigenvalue weighted by Gasteiger charge is -1.99. The summed E-state index contributed by atoms with van der Waals surface area (Å²) in [6.07, 6.45) is -1.22. The lowest BCUT2D eigenvalue weighted by Crippen LogP contribution is -2.26. The first kappa shape index (κ1) is 12.2. The van der Waals surface area contributed by atoms with Crippen molar-refractivity contribution in [2.24, 2.45) is 0 Å². The van der Waals surface area contributed by atoms with E-state index in [1.54, 1.807) is 6.92 Å². The zero-order valence-corrected chi connectivity index (χ0v) is 10.5. The number of imidazole rings is 1. The van der Waals surface area contributed by atoms with Gasteiger partial charge in [-0.05, 0) is 22.9 Å². The van der Waals surface area contributed by atoms with E-state index in [-0.39, 0.29) is 5.65 Å². The lowest BCUT2D eigenvalue weighted by molar-refractivity contribution is 0.126. The Morgan fingerprint density at radius 3 is 2.71 bits per heavy atom. The maximum atomic E-state index is 12.4. The number of rotatable bonds is 3. The fraction of sp³-hybridized carbons (Fsp3) is 0.444. The number of hydrogen-bond donors (Lipinski definition) is 0. The number of aromatic nitrogens is 4. The number of aryl methyl sites for hydroxylation is 1. The molecule has 0 bridgehead atoms. The molecule has 92 valence electrons. The molecular formula is C9H9BrF2N4O. The molecule has 0 saturated carbocycles. The highest BCUT2D eigenvalue weighted by Crippen LogP contribution is 2.13. The number of hydrogen-bond acceptors (Lipinski definition) is 3. The third kappa shape index (κ3) is 2.08. The van der Waals surface area contributed by atoms with Crippen LogP contribution in [0.25, 0.3) is 11.3 Å². The van der Waals surface area contributed by atoms with Crippen molar-refractivity contribution < 1.29 is 8.78 Å². The molecule has 0 aliphatic rings. The van der Waals surface area contributed by atoms with Crippen LogP contribution >= 0.6 is 15.9 Å². The van der Waals surface area contributed by atoms with E-state index in [2.05, 4.69) is 25.9 Å². The average molecular weight is 307 g/mol. The zero-order chi connectivity index (χ0) is 12.6. The molecule has 17 heavy (non-hydrogen) atoms. The van der Waals surface area contributed by atoms with E-state index >= 15 is 0 Å². The standard InChI is InChI=1S/C9H9BrF2N4O/c1-2-15-8-7(13-3-5(10)14-8)16(9(15)17)4-6(11)12/h3,6H,2,4H2,1H3. The van der Waals surface area contributed by atoms with Crippen LogP contribution in [0.2, 0.25) is 0 Å². The molecule has 2 heterocycles. The Hall–Kier alpha value is -1.31. The monoisotopic (exact) mass is 306 g/mol. The number of fused-ring (bicyclic) bond motifs is 1. The molecule has 0 spiro atoms. The molecule has 0 N–H and O–H groups in total. The minimum atomic E-state index is -2.60. The van der Waals surface area contributed by atoms with Crippen LogP contribution in [0.4, 0.5) is 8.78 Å². The Balaban J connectivity index is 2.75. The summed E-state index contributed by atoms with van der Waals surface area (Å²) in [7, 11) is 0. The predicted octanol–water partition coefficient (Wildman–Crippen LogP) is 1.64. The van der Waals surface area contributed by atoms with E-state index in [1.807, 2.05) is 0 Å². The summed E-state index contributed by atoms with van der Waals surface area (Å²) in [6, 6.07) is 0. The van der Waals surface area contributed by atoms with Crippen molar-refractivity contribution in [3.05, 3.63) is 21.3 Å². The van der Waals surface area contributed by atoms with Gasteiger partial charge in [0.2, 0.25) is 0 Å². The molecule has 0 aliphatic heterocycles. The molecule has 0 radical (unpaired) electrons. The highest BCUT2D eigenvalue weighted by atomic mass is 79.9. The molecule has 2 rings (SSSR count). The van der Waals surface area contributed by atoms with Crippen molar-refractivity contribution in [3.8, 4) is 0 Å². The van der Waals surface area contributed by atoms with Gasteiger partial charge in [-0.1, -0.05) is 0 Å². The minimum Gasteiger partial charge on any atom is -0.275 e. The molecule has 0 fully saturated rings. The van der Waals surface area contributed by atoms with Crippen molar-refractivity contribution in [1.29, 1.82) is 0 Å². The maximum Gasteiger partial charge on any atom is 0.331 e. The lowest BCUT2D eigenvalue weighted by atomic mass is 10.6. The summed E-state index contributed by atoms with van der Waals surface area (Å²) in [5, 5.41) is 0. The first-order valence-corrected chi connectivity index (χ1v) is 5.73. The fourth-order valence-corrected chi connectivity index (χ4v) is 1.91. The molecule has 8 heteroatoms. The Morgan fingerprint density at radius 1 is 1.41 bits per heavy atom. The third-order valence-electron chi connectivity index (χ3n) is 2.32. The summed E-state index contributed by atoms with van der Waals surface area (Å²) in [5.74, 6) is 0. The quantitative estimate of drug-likeness (QED) is 0.866. The van der Waals surface area contributed by atoms with Crippen molar-refractivity contribution in [2.75, 3.05) is 0 Å². The highest BCUT2D eigenvalue weighted by molar-refractivity contribution is 9.10. The largest absolute Gasteiger partial charge is 0.331 e. The summed E-state index contributed by atoms with van der Waals surface area (Å²) in [6.45, 7) is 1.44. The SMILES string of the molecule is CCn1c(=O)n(CC(F)F)c2ncc(Br)nc21. The third-order valence-corrected chi connectivity index (χ3v) is 2.70. The smallest absolute Gasteiger partial charge is 0.275 e. The van der Waals surface area contributed by atoms with Crippen molar-refractivity contribution in [2.45, 2.75) is 26.4 Å². The topological polar surface area (TPSA) is 52.7 Å². The van der Waals surface area contributed by atoms with E-state index in [0.29, 0.717) is 16.8 Å². The number of halogens is 3. The van der Waals surface area contributed by atoms with E-state index in [4.69, 9.17) is 0 Å². The van der Waals surface area contributed by atoms with Gasteiger partial charge in [0.1, 0.15) is 4.60 Å². The average Bonchev–Trinajstić information content (AvgIpc) is 2.50. The molecule has 0 unspecified atom stereocenters. The van der Waals surface area contributed by atoms with Crippen molar-refractivity contribution in [3.63, 3.8) is 0 Å². The van der Waals surface area contributed by atoms with Gasteiger partial charge in [-0.2, -0.15) is 0 Å². The van der Waals surface area contributed by atoms with Crippen LogP contribution in [0.15, 0.2) is 15.6 Å². The molecule has 0 atom stereocenters. The molecular weight excluding hydrogens is 298 g/mol. The predicted molar refractivity (Wildman–Crippen MR) is 61.2 cm³/mol. The van der Waals surface area contributed by atoms with Gasteiger partial charge >= 0.3 is 5.69 Å². The summed E-state index contributed by atoms with van der Waals surface area (Å²) >= 11 is 3.13. The maximum absolute atomic E-state index is 12.4. The van der Waals surface area contributed by atoms with Crippen molar-refractivity contribution >= 4 is 27.2 Å². The van der Waals surface area contributed by atoms with Crippen LogP contribution < -0.4 is 5.69 Å². The molecule has 0 saturated heterocycles. The van der Waals surface area contributed by atoms with Crippen LogP contribution in [0.1, 0.15) is 6.92 Å². The fourth-order valence-electron chi connectivity index (χ4n) is 1.64. The second-order valence-corrected chi connectivity index (χ2v) is 4.18. The van der Waals surface area contributed by atoms with Gasteiger partial charge in [0.15, 0.2) is 11.3 Å². The molecule has 5 nitrogen and oxygen atoms in total. The van der Waals surface area contributed by atoms with Crippen molar-refractivity contribution in [1.82, 2.24) is 19.1 Å². The van der Waals surface area contributed by atoms with Gasteiger partial charge in [0, 0.05) is 6.54 Å². The summed E-state index contributed by atoms with van der Waals surface area (Å²) in [4.78, 5) is 19.9. The van der Waals surface area contributed by atoms with Crippen LogP contribution in [-0.2, 0) is 13.1 Å².